The Hall–Kier alpha value is -0.610. The third-order valence-corrected chi connectivity index (χ3v) is 2.23. The predicted molar refractivity (Wildman–Crippen MR) is 42.7 cm³/mol. The van der Waals surface area contributed by atoms with Crippen molar-refractivity contribution in [2.75, 3.05) is 11.5 Å². The van der Waals surface area contributed by atoms with Crippen LogP contribution in [0.3, 0.4) is 0 Å². The van der Waals surface area contributed by atoms with Gasteiger partial charge in [0.25, 0.3) is 0 Å². The molecule has 0 fully saturated rings. The van der Waals surface area contributed by atoms with Gasteiger partial charge in [0.2, 0.25) is 0 Å². The summed E-state index contributed by atoms with van der Waals surface area (Å²) in [7, 11) is -2.92. The van der Waals surface area contributed by atoms with Gasteiger partial charge in [0.15, 0.2) is 9.84 Å². The molecule has 0 aromatic rings. The maximum atomic E-state index is 10.7. The second kappa shape index (κ2) is 5.20. The molecule has 0 bridgehead atoms. The van der Waals surface area contributed by atoms with Crippen LogP contribution in [0.1, 0.15) is 0 Å². The monoisotopic (exact) mass is 164 g/mol. The molecule has 0 aromatic heterocycles. The van der Waals surface area contributed by atoms with Crippen LogP contribution < -0.4 is 0 Å². The minimum atomic E-state index is -2.92. The molecule has 0 aliphatic rings. The lowest BCUT2D eigenvalue weighted by atomic mass is 10.8. The van der Waals surface area contributed by atoms with E-state index >= 15 is 0 Å². The van der Waals surface area contributed by atoms with E-state index in [4.69, 9.17) is 0 Å². The van der Waals surface area contributed by atoms with Gasteiger partial charge in [-0.2, -0.15) is 0 Å². The summed E-state index contributed by atoms with van der Waals surface area (Å²) in [5, 5.41) is 0. The summed E-state index contributed by atoms with van der Waals surface area (Å²) in [5.41, 5.74) is 0. The summed E-state index contributed by atoms with van der Waals surface area (Å²) in [6, 6.07) is 0. The highest BCUT2D eigenvalue weighted by Crippen LogP contribution is 1.89. The van der Waals surface area contributed by atoms with Crippen molar-refractivity contribution < 1.29 is 13.9 Å². The SMILES string of the molecule is C=CCS(=O)(=O)CC=C.O. The molecule has 0 unspecified atom stereocenters. The summed E-state index contributed by atoms with van der Waals surface area (Å²) in [4.78, 5) is 0. The summed E-state index contributed by atoms with van der Waals surface area (Å²) in [6.07, 6.45) is 2.75. The molecule has 3 nitrogen and oxygen atoms in total. The van der Waals surface area contributed by atoms with Gasteiger partial charge in [-0.3, -0.25) is 0 Å². The molecule has 0 aromatic carbocycles. The van der Waals surface area contributed by atoms with Crippen LogP contribution in [0.15, 0.2) is 25.3 Å². The fourth-order valence-corrected chi connectivity index (χ4v) is 1.28. The molecular weight excluding hydrogens is 152 g/mol. The highest BCUT2D eigenvalue weighted by Gasteiger charge is 2.02. The van der Waals surface area contributed by atoms with Crippen molar-refractivity contribution >= 4 is 9.84 Å². The van der Waals surface area contributed by atoms with E-state index in [1.165, 1.54) is 12.2 Å². The smallest absolute Gasteiger partial charge is 0.157 e. The normalized spacial score (nSPS) is 9.60. The van der Waals surface area contributed by atoms with Crippen molar-refractivity contribution in [1.29, 1.82) is 0 Å². The quantitative estimate of drug-likeness (QED) is 0.547. The molecule has 2 N–H and O–H groups in total. The second-order valence-electron chi connectivity index (χ2n) is 1.65. The Morgan fingerprint density at radius 1 is 1.10 bits per heavy atom. The van der Waals surface area contributed by atoms with Crippen LogP contribution >= 0.6 is 0 Å². The Morgan fingerprint density at radius 3 is 1.60 bits per heavy atom. The van der Waals surface area contributed by atoms with Gasteiger partial charge in [-0.05, 0) is 0 Å². The fraction of sp³-hybridized carbons (Fsp3) is 0.333. The van der Waals surface area contributed by atoms with Gasteiger partial charge in [-0.15, -0.1) is 13.2 Å². The Labute approximate surface area is 61.3 Å². The molecule has 0 saturated heterocycles. The maximum Gasteiger partial charge on any atom is 0.157 e. The molecule has 0 saturated carbocycles. The lowest BCUT2D eigenvalue weighted by Crippen LogP contribution is -2.06. The van der Waals surface area contributed by atoms with Crippen molar-refractivity contribution in [1.82, 2.24) is 0 Å². The molecule has 4 heteroatoms. The zero-order chi connectivity index (χ0) is 7.33. The molecule has 60 valence electrons. The van der Waals surface area contributed by atoms with E-state index in [9.17, 15) is 8.42 Å². The standard InChI is InChI=1S/C6H10O2S.H2O/c1-3-5-9(7,8)6-4-2;/h3-4H,1-2,5-6H2;1H2. The van der Waals surface area contributed by atoms with Gasteiger partial charge in [0.05, 0.1) is 11.5 Å². The first kappa shape index (κ1) is 12.1. The van der Waals surface area contributed by atoms with E-state index in [2.05, 4.69) is 13.2 Å². The van der Waals surface area contributed by atoms with E-state index in [1.54, 1.807) is 0 Å². The molecule has 0 spiro atoms. The first-order valence-corrected chi connectivity index (χ1v) is 4.37. The highest BCUT2D eigenvalue weighted by atomic mass is 32.2. The molecule has 0 aliphatic carbocycles. The molecular formula is C6H12O3S. The lowest BCUT2D eigenvalue weighted by Gasteiger charge is -1.92. The minimum Gasteiger partial charge on any atom is -0.412 e. The largest absolute Gasteiger partial charge is 0.412 e. The number of sulfone groups is 1. The van der Waals surface area contributed by atoms with Crippen LogP contribution in [0.5, 0.6) is 0 Å². The van der Waals surface area contributed by atoms with Crippen LogP contribution in [0.4, 0.5) is 0 Å². The molecule has 0 heterocycles. The van der Waals surface area contributed by atoms with Gasteiger partial charge in [-0.1, -0.05) is 12.2 Å². The van der Waals surface area contributed by atoms with Crippen LogP contribution in [0, 0.1) is 0 Å². The lowest BCUT2D eigenvalue weighted by molar-refractivity contribution is 0.602. The summed E-state index contributed by atoms with van der Waals surface area (Å²) in [5.74, 6) is 0.0814. The van der Waals surface area contributed by atoms with Crippen LogP contribution in [-0.2, 0) is 9.84 Å². The minimum absolute atomic E-state index is 0. The zero-order valence-electron chi connectivity index (χ0n) is 5.71. The molecule has 10 heavy (non-hydrogen) atoms. The van der Waals surface area contributed by atoms with Gasteiger partial charge >= 0.3 is 0 Å². The Balaban J connectivity index is 0. The number of rotatable bonds is 4. The van der Waals surface area contributed by atoms with Crippen LogP contribution in [0.2, 0.25) is 0 Å². The van der Waals surface area contributed by atoms with E-state index in [-0.39, 0.29) is 17.0 Å². The highest BCUT2D eigenvalue weighted by molar-refractivity contribution is 7.91. The third-order valence-electron chi connectivity index (χ3n) is 0.744. The summed E-state index contributed by atoms with van der Waals surface area (Å²) < 4.78 is 21.4. The number of hydrogen-bond acceptors (Lipinski definition) is 2. The van der Waals surface area contributed by atoms with Gasteiger partial charge in [0, 0.05) is 0 Å². The number of hydrogen-bond donors (Lipinski definition) is 0. The Morgan fingerprint density at radius 2 is 1.40 bits per heavy atom. The van der Waals surface area contributed by atoms with Crippen molar-refractivity contribution in [3.63, 3.8) is 0 Å². The predicted octanol–water partition coefficient (Wildman–Crippen LogP) is -0.0515. The molecule has 0 rings (SSSR count). The van der Waals surface area contributed by atoms with E-state index in [0.717, 1.165) is 0 Å². The molecule has 0 radical (unpaired) electrons. The Bertz CT molecular complexity index is 175. The van der Waals surface area contributed by atoms with Gasteiger partial charge in [0.1, 0.15) is 0 Å². The maximum absolute atomic E-state index is 10.7. The summed E-state index contributed by atoms with van der Waals surface area (Å²) in [6.45, 7) is 6.63. The molecule has 0 aliphatic heterocycles. The topological polar surface area (TPSA) is 65.6 Å². The fourth-order valence-electron chi connectivity index (χ4n) is 0.427. The average molecular weight is 164 g/mol. The van der Waals surface area contributed by atoms with Crippen molar-refractivity contribution in [2.45, 2.75) is 0 Å². The third kappa shape index (κ3) is 5.53. The second-order valence-corrected chi connectivity index (χ2v) is 3.81. The molecule has 0 amide bonds. The van der Waals surface area contributed by atoms with Crippen molar-refractivity contribution in [3.05, 3.63) is 25.3 Å². The summed E-state index contributed by atoms with van der Waals surface area (Å²) >= 11 is 0. The van der Waals surface area contributed by atoms with Crippen LogP contribution in [-0.4, -0.2) is 25.4 Å². The van der Waals surface area contributed by atoms with Gasteiger partial charge < -0.3 is 5.48 Å². The van der Waals surface area contributed by atoms with E-state index in [0.29, 0.717) is 0 Å². The zero-order valence-corrected chi connectivity index (χ0v) is 6.52. The Kier molecular flexibility index (Phi) is 6.29. The van der Waals surface area contributed by atoms with Crippen molar-refractivity contribution in [3.8, 4) is 0 Å². The average Bonchev–Trinajstić information content (AvgIpc) is 1.64. The van der Waals surface area contributed by atoms with E-state index < -0.39 is 9.84 Å². The van der Waals surface area contributed by atoms with E-state index in [1.807, 2.05) is 0 Å². The molecule has 0 atom stereocenters. The van der Waals surface area contributed by atoms with Crippen LogP contribution in [0.25, 0.3) is 0 Å². The van der Waals surface area contributed by atoms with Gasteiger partial charge in [-0.25, -0.2) is 8.42 Å². The first-order valence-electron chi connectivity index (χ1n) is 2.54. The first-order chi connectivity index (χ1) is 4.12. The van der Waals surface area contributed by atoms with Crippen molar-refractivity contribution in [2.24, 2.45) is 0 Å².